The second kappa shape index (κ2) is 5.00. The van der Waals surface area contributed by atoms with E-state index in [4.69, 9.17) is 5.11 Å². The molecule has 0 aliphatic rings. The van der Waals surface area contributed by atoms with E-state index in [1.165, 1.54) is 21.9 Å². The first-order valence-electron chi connectivity index (χ1n) is 5.87. The van der Waals surface area contributed by atoms with Crippen LogP contribution in [-0.2, 0) is 11.2 Å². The number of aryl methyl sites for hydroxylation is 2. The van der Waals surface area contributed by atoms with E-state index in [-0.39, 0.29) is 6.42 Å². The van der Waals surface area contributed by atoms with Gasteiger partial charge in [0.1, 0.15) is 0 Å². The van der Waals surface area contributed by atoms with Gasteiger partial charge < -0.3 is 5.11 Å². The van der Waals surface area contributed by atoms with Gasteiger partial charge in [0.15, 0.2) is 0 Å². The van der Waals surface area contributed by atoms with Gasteiger partial charge in [0.2, 0.25) is 0 Å². The fourth-order valence-electron chi connectivity index (χ4n) is 2.17. The molecule has 0 amide bonds. The van der Waals surface area contributed by atoms with Crippen LogP contribution in [0.5, 0.6) is 0 Å². The van der Waals surface area contributed by atoms with Crippen molar-refractivity contribution in [1.29, 1.82) is 0 Å². The van der Waals surface area contributed by atoms with E-state index in [2.05, 4.69) is 31.2 Å². The van der Waals surface area contributed by atoms with Crippen LogP contribution in [-0.4, -0.2) is 11.1 Å². The Morgan fingerprint density at radius 1 is 1.24 bits per heavy atom. The molecule has 0 spiro atoms. The molecule has 2 nitrogen and oxygen atoms in total. The topological polar surface area (TPSA) is 37.3 Å². The lowest BCUT2D eigenvalue weighted by Crippen LogP contribution is -1.96. The largest absolute Gasteiger partial charge is 0.481 e. The van der Waals surface area contributed by atoms with Crippen molar-refractivity contribution < 1.29 is 9.90 Å². The standard InChI is InChI=1S/C15H16O2/c1-11-9-12(5-4-8-15(16)17)10-13-6-2-3-7-14(11)13/h2-3,6-7,9-10H,4-5,8H2,1H3,(H,16,17). The van der Waals surface area contributed by atoms with Crippen molar-refractivity contribution >= 4 is 16.7 Å². The zero-order chi connectivity index (χ0) is 12.3. The highest BCUT2D eigenvalue weighted by Crippen LogP contribution is 2.21. The zero-order valence-electron chi connectivity index (χ0n) is 9.94. The summed E-state index contributed by atoms with van der Waals surface area (Å²) < 4.78 is 0. The normalized spacial score (nSPS) is 10.6. The van der Waals surface area contributed by atoms with E-state index in [9.17, 15) is 4.79 Å². The molecule has 2 rings (SSSR count). The number of hydrogen-bond donors (Lipinski definition) is 1. The monoisotopic (exact) mass is 228 g/mol. The number of benzene rings is 2. The summed E-state index contributed by atoms with van der Waals surface area (Å²) in [7, 11) is 0. The third-order valence-electron chi connectivity index (χ3n) is 2.98. The molecular formula is C15H16O2. The maximum absolute atomic E-state index is 10.5. The van der Waals surface area contributed by atoms with Gasteiger partial charge in [-0.05, 0) is 41.7 Å². The minimum Gasteiger partial charge on any atom is -0.481 e. The fourth-order valence-corrected chi connectivity index (χ4v) is 2.17. The molecular weight excluding hydrogens is 212 g/mol. The molecule has 88 valence electrons. The minimum atomic E-state index is -0.720. The van der Waals surface area contributed by atoms with Crippen molar-refractivity contribution in [3.05, 3.63) is 47.5 Å². The molecule has 2 heteroatoms. The first-order valence-corrected chi connectivity index (χ1v) is 5.87. The first-order chi connectivity index (χ1) is 8.16. The predicted molar refractivity (Wildman–Crippen MR) is 69.3 cm³/mol. The van der Waals surface area contributed by atoms with Gasteiger partial charge in [-0.3, -0.25) is 4.79 Å². The van der Waals surface area contributed by atoms with Gasteiger partial charge in [-0.25, -0.2) is 0 Å². The van der Waals surface area contributed by atoms with E-state index in [0.717, 1.165) is 6.42 Å². The molecule has 0 saturated carbocycles. The van der Waals surface area contributed by atoms with Gasteiger partial charge in [0.25, 0.3) is 0 Å². The van der Waals surface area contributed by atoms with Crippen LogP contribution in [0.4, 0.5) is 0 Å². The number of hydrogen-bond acceptors (Lipinski definition) is 1. The highest BCUT2D eigenvalue weighted by molar-refractivity contribution is 5.86. The third kappa shape index (κ3) is 2.84. The van der Waals surface area contributed by atoms with Crippen molar-refractivity contribution in [2.24, 2.45) is 0 Å². The van der Waals surface area contributed by atoms with Crippen LogP contribution in [0.1, 0.15) is 24.0 Å². The van der Waals surface area contributed by atoms with Crippen molar-refractivity contribution in [2.45, 2.75) is 26.2 Å². The average Bonchev–Trinajstić information content (AvgIpc) is 2.28. The van der Waals surface area contributed by atoms with Crippen molar-refractivity contribution in [3.63, 3.8) is 0 Å². The van der Waals surface area contributed by atoms with Crippen LogP contribution >= 0.6 is 0 Å². The van der Waals surface area contributed by atoms with E-state index >= 15 is 0 Å². The summed E-state index contributed by atoms with van der Waals surface area (Å²) in [6, 6.07) is 12.6. The Labute approximate surface area is 101 Å². The molecule has 0 radical (unpaired) electrons. The molecule has 0 aliphatic carbocycles. The van der Waals surface area contributed by atoms with Gasteiger partial charge in [0, 0.05) is 6.42 Å². The van der Waals surface area contributed by atoms with Crippen LogP contribution in [0.15, 0.2) is 36.4 Å². The summed E-state index contributed by atoms with van der Waals surface area (Å²) in [4.78, 5) is 10.5. The second-order valence-corrected chi connectivity index (χ2v) is 4.38. The van der Waals surface area contributed by atoms with Crippen molar-refractivity contribution in [3.8, 4) is 0 Å². The van der Waals surface area contributed by atoms with Crippen LogP contribution in [0.25, 0.3) is 10.8 Å². The molecule has 0 heterocycles. The minimum absolute atomic E-state index is 0.242. The lowest BCUT2D eigenvalue weighted by Gasteiger charge is -2.06. The van der Waals surface area contributed by atoms with E-state index < -0.39 is 5.97 Å². The fraction of sp³-hybridized carbons (Fsp3) is 0.267. The van der Waals surface area contributed by atoms with E-state index in [1.807, 2.05) is 12.1 Å². The lowest BCUT2D eigenvalue weighted by atomic mass is 9.99. The third-order valence-corrected chi connectivity index (χ3v) is 2.98. The Balaban J connectivity index is 2.21. The quantitative estimate of drug-likeness (QED) is 0.868. The summed E-state index contributed by atoms with van der Waals surface area (Å²) in [5, 5.41) is 11.1. The van der Waals surface area contributed by atoms with Crippen molar-refractivity contribution in [2.75, 3.05) is 0 Å². The maximum atomic E-state index is 10.5. The zero-order valence-corrected chi connectivity index (χ0v) is 9.94. The van der Waals surface area contributed by atoms with Gasteiger partial charge in [-0.2, -0.15) is 0 Å². The van der Waals surface area contributed by atoms with E-state index in [1.54, 1.807) is 0 Å². The van der Waals surface area contributed by atoms with Crippen LogP contribution in [0, 0.1) is 6.92 Å². The van der Waals surface area contributed by atoms with Crippen LogP contribution in [0.3, 0.4) is 0 Å². The molecule has 0 bridgehead atoms. The lowest BCUT2D eigenvalue weighted by molar-refractivity contribution is -0.137. The van der Waals surface area contributed by atoms with Crippen LogP contribution in [0.2, 0.25) is 0 Å². The Hall–Kier alpha value is -1.83. The predicted octanol–water partition coefficient (Wildman–Crippen LogP) is 3.56. The Morgan fingerprint density at radius 3 is 2.76 bits per heavy atom. The number of rotatable bonds is 4. The molecule has 0 aliphatic heterocycles. The molecule has 2 aromatic carbocycles. The highest BCUT2D eigenvalue weighted by atomic mass is 16.4. The summed E-state index contributed by atoms with van der Waals surface area (Å²) >= 11 is 0. The number of carboxylic acid groups (broad SMARTS) is 1. The van der Waals surface area contributed by atoms with Crippen molar-refractivity contribution in [1.82, 2.24) is 0 Å². The maximum Gasteiger partial charge on any atom is 0.303 e. The Kier molecular flexibility index (Phi) is 3.43. The van der Waals surface area contributed by atoms with E-state index in [0.29, 0.717) is 6.42 Å². The molecule has 17 heavy (non-hydrogen) atoms. The van der Waals surface area contributed by atoms with Gasteiger partial charge >= 0.3 is 5.97 Å². The first kappa shape index (κ1) is 11.6. The van der Waals surface area contributed by atoms with Gasteiger partial charge in [0.05, 0.1) is 0 Å². The second-order valence-electron chi connectivity index (χ2n) is 4.38. The Bertz CT molecular complexity index is 544. The molecule has 1 N–H and O–H groups in total. The SMILES string of the molecule is Cc1cc(CCCC(=O)O)cc2ccccc12. The molecule has 2 aromatic rings. The smallest absolute Gasteiger partial charge is 0.303 e. The molecule has 0 aromatic heterocycles. The summed E-state index contributed by atoms with van der Waals surface area (Å²) in [6.45, 7) is 2.10. The average molecular weight is 228 g/mol. The summed E-state index contributed by atoms with van der Waals surface area (Å²) in [6.07, 6.45) is 1.77. The van der Waals surface area contributed by atoms with Crippen LogP contribution < -0.4 is 0 Å². The number of carbonyl (C=O) groups is 1. The molecule has 0 unspecified atom stereocenters. The van der Waals surface area contributed by atoms with Gasteiger partial charge in [-0.1, -0.05) is 36.4 Å². The van der Waals surface area contributed by atoms with Gasteiger partial charge in [-0.15, -0.1) is 0 Å². The summed E-state index contributed by atoms with van der Waals surface area (Å²) in [5.74, 6) is -0.720. The molecule has 0 saturated heterocycles. The number of carboxylic acids is 1. The number of aliphatic carboxylic acids is 1. The molecule has 0 fully saturated rings. The Morgan fingerprint density at radius 2 is 2.00 bits per heavy atom. The highest BCUT2D eigenvalue weighted by Gasteiger charge is 2.02. The number of fused-ring (bicyclic) bond motifs is 1. The summed E-state index contributed by atoms with van der Waals surface area (Å²) in [5.41, 5.74) is 2.48. The molecule has 0 atom stereocenters.